The summed E-state index contributed by atoms with van der Waals surface area (Å²) in [5.74, 6) is 1.93. The van der Waals surface area contributed by atoms with Crippen molar-refractivity contribution in [3.63, 3.8) is 0 Å². The van der Waals surface area contributed by atoms with E-state index in [-0.39, 0.29) is 23.4 Å². The molecule has 0 aromatic heterocycles. The van der Waals surface area contributed by atoms with E-state index in [1.807, 2.05) is 6.92 Å². The summed E-state index contributed by atoms with van der Waals surface area (Å²) < 4.78 is 0. The van der Waals surface area contributed by atoms with Crippen LogP contribution in [-0.2, 0) is 4.79 Å². The Morgan fingerprint density at radius 3 is 2.64 bits per heavy atom. The fraction of sp³-hybridized carbons (Fsp3) is 0.762. The van der Waals surface area contributed by atoms with Crippen LogP contribution in [0.3, 0.4) is 0 Å². The highest BCUT2D eigenvalue weighted by Crippen LogP contribution is 2.66. The number of carbonyl (C=O) groups excluding carboxylic acids is 1. The third kappa shape index (κ3) is 1.92. The average Bonchev–Trinajstić information content (AvgIpc) is 2.74. The van der Waals surface area contributed by atoms with Gasteiger partial charge in [0.15, 0.2) is 5.60 Å². The normalized spacial score (nSPS) is 54.8. The number of terminal acetylenes is 1. The minimum atomic E-state index is -1.87. The summed E-state index contributed by atoms with van der Waals surface area (Å²) in [6.07, 6.45) is 11.1. The van der Waals surface area contributed by atoms with Crippen LogP contribution < -0.4 is 0 Å². The molecule has 8 atom stereocenters. The predicted octanol–water partition coefficient (Wildman–Crippen LogP) is 1.82. The summed E-state index contributed by atoms with van der Waals surface area (Å²) >= 11 is 0. The number of rotatable bonds is 0. The number of hydrogen-bond acceptors (Lipinski definition) is 4. The van der Waals surface area contributed by atoms with Crippen molar-refractivity contribution in [3.8, 4) is 12.3 Å². The molecule has 4 heteroatoms. The van der Waals surface area contributed by atoms with Gasteiger partial charge in [0.2, 0.25) is 5.78 Å². The molecule has 0 radical (unpaired) electrons. The average molecular weight is 344 g/mol. The Labute approximate surface area is 149 Å². The Bertz CT molecular complexity index is 690. The summed E-state index contributed by atoms with van der Waals surface area (Å²) in [5.41, 5.74) is -1.28. The van der Waals surface area contributed by atoms with Crippen LogP contribution in [-0.4, -0.2) is 38.9 Å². The lowest BCUT2D eigenvalue weighted by molar-refractivity contribution is -0.140. The molecule has 25 heavy (non-hydrogen) atoms. The van der Waals surface area contributed by atoms with E-state index < -0.39 is 22.9 Å². The highest BCUT2D eigenvalue weighted by molar-refractivity contribution is 5.98. The van der Waals surface area contributed by atoms with Gasteiger partial charge in [-0.1, -0.05) is 31.4 Å². The van der Waals surface area contributed by atoms with Crippen LogP contribution in [0, 0.1) is 40.9 Å². The molecule has 3 fully saturated rings. The van der Waals surface area contributed by atoms with Crippen LogP contribution in [0.4, 0.5) is 0 Å². The van der Waals surface area contributed by atoms with Crippen LogP contribution in [0.15, 0.2) is 11.6 Å². The molecule has 0 heterocycles. The SMILES string of the molecule is C#C[C@]1(O)C(=O)[C@H](O)C2C3CC=C4C[C@@H](O)CC[C@]4(C)C3CC[C@@]21C. The van der Waals surface area contributed by atoms with Gasteiger partial charge < -0.3 is 15.3 Å². The second-order valence-corrected chi connectivity index (χ2v) is 9.20. The molecular formula is C21H28O4. The van der Waals surface area contributed by atoms with Crippen molar-refractivity contribution in [2.75, 3.05) is 0 Å². The van der Waals surface area contributed by atoms with E-state index in [0.717, 1.165) is 32.1 Å². The van der Waals surface area contributed by atoms with Crippen molar-refractivity contribution in [2.24, 2.45) is 28.6 Å². The van der Waals surface area contributed by atoms with Gasteiger partial charge in [0, 0.05) is 11.3 Å². The van der Waals surface area contributed by atoms with Gasteiger partial charge >= 0.3 is 0 Å². The lowest BCUT2D eigenvalue weighted by Crippen LogP contribution is -2.55. The van der Waals surface area contributed by atoms with Gasteiger partial charge in [-0.2, -0.15) is 0 Å². The third-order valence-corrected chi connectivity index (χ3v) is 8.33. The summed E-state index contributed by atoms with van der Waals surface area (Å²) in [5, 5.41) is 31.7. The van der Waals surface area contributed by atoms with E-state index in [4.69, 9.17) is 6.42 Å². The number of aliphatic hydroxyl groups is 3. The van der Waals surface area contributed by atoms with Gasteiger partial charge in [0.05, 0.1) is 6.10 Å². The van der Waals surface area contributed by atoms with Crippen LogP contribution in [0.2, 0.25) is 0 Å². The van der Waals surface area contributed by atoms with Gasteiger partial charge in [-0.15, -0.1) is 6.42 Å². The Hall–Kier alpha value is -1.15. The standard InChI is InChI=1S/C21H28O4/c1-4-21(25)18(24)17(23)16-14-6-5-12-11-13(22)7-9-19(12,2)15(14)8-10-20(16,21)3/h1,5,13-17,22-23,25H,6-11H2,2-3H3/t13-,14?,15?,16?,17+,19-,20-,21-/m0/s1. The van der Waals surface area contributed by atoms with Crippen molar-refractivity contribution >= 4 is 5.78 Å². The fourth-order valence-corrected chi connectivity index (χ4v) is 6.79. The number of Topliss-reactive ketones (excluding diaryl/α,β-unsaturated/α-hetero) is 1. The smallest absolute Gasteiger partial charge is 0.205 e. The number of aliphatic hydroxyl groups excluding tert-OH is 2. The van der Waals surface area contributed by atoms with E-state index in [9.17, 15) is 20.1 Å². The molecule has 0 saturated heterocycles. The topological polar surface area (TPSA) is 77.8 Å². The first kappa shape index (κ1) is 17.3. The van der Waals surface area contributed by atoms with Gasteiger partial charge in [-0.05, 0) is 55.8 Å². The first-order chi connectivity index (χ1) is 11.7. The van der Waals surface area contributed by atoms with Crippen LogP contribution in [0.5, 0.6) is 0 Å². The van der Waals surface area contributed by atoms with Gasteiger partial charge in [-0.3, -0.25) is 4.79 Å². The van der Waals surface area contributed by atoms with Crippen LogP contribution in [0.25, 0.3) is 0 Å². The molecule has 4 nitrogen and oxygen atoms in total. The monoisotopic (exact) mass is 344 g/mol. The molecule has 3 saturated carbocycles. The van der Waals surface area contributed by atoms with E-state index >= 15 is 0 Å². The molecule has 0 spiro atoms. The fourth-order valence-electron chi connectivity index (χ4n) is 6.79. The highest BCUT2D eigenvalue weighted by Gasteiger charge is 2.70. The van der Waals surface area contributed by atoms with Crippen molar-refractivity contribution in [2.45, 2.75) is 70.2 Å². The largest absolute Gasteiger partial charge is 0.393 e. The number of fused-ring (bicyclic) bond motifs is 5. The zero-order valence-corrected chi connectivity index (χ0v) is 15.0. The van der Waals surface area contributed by atoms with Crippen LogP contribution in [0.1, 0.15) is 52.4 Å². The van der Waals surface area contributed by atoms with Crippen LogP contribution >= 0.6 is 0 Å². The van der Waals surface area contributed by atoms with Crippen molar-refractivity contribution in [1.82, 2.24) is 0 Å². The second kappa shape index (κ2) is 5.19. The number of carbonyl (C=O) groups is 1. The molecule has 0 aliphatic heterocycles. The summed E-state index contributed by atoms with van der Waals surface area (Å²) in [6, 6.07) is 0. The Morgan fingerprint density at radius 1 is 1.24 bits per heavy atom. The maximum atomic E-state index is 12.6. The molecule has 4 aliphatic rings. The maximum absolute atomic E-state index is 12.6. The van der Waals surface area contributed by atoms with Crippen molar-refractivity contribution in [3.05, 3.63) is 11.6 Å². The zero-order chi connectivity index (χ0) is 18.2. The molecule has 4 rings (SSSR count). The van der Waals surface area contributed by atoms with Gasteiger partial charge in [0.25, 0.3) is 0 Å². The number of allylic oxidation sites excluding steroid dienone is 1. The van der Waals surface area contributed by atoms with Gasteiger partial charge in [0.1, 0.15) is 6.10 Å². The number of hydrogen-bond donors (Lipinski definition) is 3. The van der Waals surface area contributed by atoms with Gasteiger partial charge in [-0.25, -0.2) is 0 Å². The molecule has 3 N–H and O–H groups in total. The molecule has 3 unspecified atom stereocenters. The van der Waals surface area contributed by atoms with E-state index in [1.54, 1.807) is 0 Å². The Balaban J connectivity index is 1.77. The quantitative estimate of drug-likeness (QED) is 0.463. The minimum Gasteiger partial charge on any atom is -0.393 e. The molecule has 0 amide bonds. The van der Waals surface area contributed by atoms with Crippen molar-refractivity contribution < 1.29 is 20.1 Å². The van der Waals surface area contributed by atoms with E-state index in [1.165, 1.54) is 5.57 Å². The van der Waals surface area contributed by atoms with E-state index in [2.05, 4.69) is 18.9 Å². The molecular weight excluding hydrogens is 316 g/mol. The Kier molecular flexibility index (Phi) is 3.59. The molecule has 136 valence electrons. The first-order valence-corrected chi connectivity index (χ1v) is 9.49. The molecule has 0 bridgehead atoms. The first-order valence-electron chi connectivity index (χ1n) is 9.49. The minimum absolute atomic E-state index is 0.0170. The maximum Gasteiger partial charge on any atom is 0.205 e. The second-order valence-electron chi connectivity index (χ2n) is 9.20. The summed E-state index contributed by atoms with van der Waals surface area (Å²) in [4.78, 5) is 12.6. The summed E-state index contributed by atoms with van der Waals surface area (Å²) in [6.45, 7) is 4.16. The zero-order valence-electron chi connectivity index (χ0n) is 15.0. The predicted molar refractivity (Wildman–Crippen MR) is 93.3 cm³/mol. The number of ketones is 1. The Morgan fingerprint density at radius 2 is 1.96 bits per heavy atom. The lowest BCUT2D eigenvalue weighted by Gasteiger charge is -2.58. The summed E-state index contributed by atoms with van der Waals surface area (Å²) in [7, 11) is 0. The third-order valence-electron chi connectivity index (χ3n) is 8.33. The molecule has 4 aliphatic carbocycles. The van der Waals surface area contributed by atoms with E-state index in [0.29, 0.717) is 12.3 Å². The molecule has 0 aromatic rings. The lowest BCUT2D eigenvalue weighted by atomic mass is 9.47. The highest BCUT2D eigenvalue weighted by atomic mass is 16.3. The molecule has 0 aromatic carbocycles. The van der Waals surface area contributed by atoms with Crippen molar-refractivity contribution in [1.29, 1.82) is 0 Å².